The molecule has 0 aromatic carbocycles. The van der Waals surface area contributed by atoms with Crippen molar-refractivity contribution in [2.45, 2.75) is 53.1 Å². The maximum Gasteiger partial charge on any atom is 0.273 e. The molecule has 1 heterocycles. The number of carbonyl (C=O) groups excluding carboxylic acids is 1. The van der Waals surface area contributed by atoms with Crippen molar-refractivity contribution < 1.29 is 14.4 Å². The molecule has 126 valence electrons. The quantitative estimate of drug-likeness (QED) is 0.545. The zero-order chi connectivity index (χ0) is 16.4. The van der Waals surface area contributed by atoms with Crippen molar-refractivity contribution in [3.05, 3.63) is 17.5 Å². The van der Waals surface area contributed by atoms with Crippen LogP contribution in [0.3, 0.4) is 0 Å². The minimum Gasteiger partial charge on any atom is -0.388 e. The van der Waals surface area contributed by atoms with E-state index in [1.807, 2.05) is 0 Å². The lowest BCUT2D eigenvalue weighted by atomic mass is 9.82. The molecule has 1 aromatic rings. The number of hydrogen-bond donors (Lipinski definition) is 3. The Bertz CT molecular complexity index is 442. The topological polar surface area (TPSA) is 87.4 Å². The molecule has 0 radical (unpaired) electrons. The van der Waals surface area contributed by atoms with Crippen LogP contribution >= 0.6 is 0 Å². The van der Waals surface area contributed by atoms with Crippen molar-refractivity contribution in [1.29, 1.82) is 0 Å². The molecular weight excluding hydrogens is 282 g/mol. The van der Waals surface area contributed by atoms with Gasteiger partial charge >= 0.3 is 0 Å². The highest BCUT2D eigenvalue weighted by molar-refractivity contribution is 5.92. The fourth-order valence-electron chi connectivity index (χ4n) is 2.32. The molecular formula is C16H29N3O3. The van der Waals surface area contributed by atoms with E-state index in [4.69, 9.17) is 9.63 Å². The van der Waals surface area contributed by atoms with Gasteiger partial charge in [-0.3, -0.25) is 4.79 Å². The maximum atomic E-state index is 12.1. The number of nitrogens with zero attached hydrogens (tertiary/aromatic N) is 1. The van der Waals surface area contributed by atoms with Gasteiger partial charge in [0.05, 0.1) is 0 Å². The number of aromatic nitrogens is 1. The predicted molar refractivity (Wildman–Crippen MR) is 85.6 cm³/mol. The van der Waals surface area contributed by atoms with E-state index in [-0.39, 0.29) is 23.6 Å². The van der Waals surface area contributed by atoms with E-state index in [0.717, 1.165) is 25.9 Å². The van der Waals surface area contributed by atoms with Gasteiger partial charge in [-0.1, -0.05) is 32.3 Å². The Morgan fingerprint density at radius 2 is 2.05 bits per heavy atom. The number of rotatable bonds is 11. The van der Waals surface area contributed by atoms with Gasteiger partial charge < -0.3 is 20.3 Å². The number of aliphatic hydroxyl groups is 1. The zero-order valence-electron chi connectivity index (χ0n) is 13.9. The van der Waals surface area contributed by atoms with Gasteiger partial charge in [-0.05, 0) is 31.2 Å². The first-order valence-corrected chi connectivity index (χ1v) is 8.16. The number of hydrogen-bond acceptors (Lipinski definition) is 5. The Balaban J connectivity index is 2.53. The number of nitrogens with one attached hydrogen (secondary N) is 2. The molecule has 0 spiro atoms. The molecule has 3 N–H and O–H groups in total. The van der Waals surface area contributed by atoms with E-state index >= 15 is 0 Å². The standard InChI is InChI=1S/C16H29N3O3/c1-4-7-8-17-11-16(5-2,6-3)12-18-15(21)14-9-13(10-20)22-19-14/h9,17,20H,4-8,10-12H2,1-3H3,(H,18,21). The molecule has 0 aliphatic rings. The lowest BCUT2D eigenvalue weighted by Gasteiger charge is -2.32. The molecule has 0 aliphatic heterocycles. The van der Waals surface area contributed by atoms with E-state index in [1.54, 1.807) is 0 Å². The van der Waals surface area contributed by atoms with Crippen molar-refractivity contribution in [2.24, 2.45) is 5.41 Å². The highest BCUT2D eigenvalue weighted by Gasteiger charge is 2.27. The summed E-state index contributed by atoms with van der Waals surface area (Å²) in [6.45, 7) is 8.71. The SMILES string of the molecule is CCCCNCC(CC)(CC)CNC(=O)c1cc(CO)on1. The average Bonchev–Trinajstić information content (AvgIpc) is 3.03. The van der Waals surface area contributed by atoms with Crippen LogP contribution in [0.15, 0.2) is 10.6 Å². The lowest BCUT2D eigenvalue weighted by molar-refractivity contribution is 0.0915. The molecule has 0 atom stereocenters. The van der Waals surface area contributed by atoms with Crippen molar-refractivity contribution in [3.63, 3.8) is 0 Å². The predicted octanol–water partition coefficient (Wildman–Crippen LogP) is 2.09. The van der Waals surface area contributed by atoms with Gasteiger partial charge in [0.25, 0.3) is 5.91 Å². The fourth-order valence-corrected chi connectivity index (χ4v) is 2.32. The molecule has 6 heteroatoms. The van der Waals surface area contributed by atoms with Crippen LogP contribution in [0, 0.1) is 5.41 Å². The largest absolute Gasteiger partial charge is 0.388 e. The second-order valence-electron chi connectivity index (χ2n) is 5.76. The molecule has 0 saturated heterocycles. The zero-order valence-corrected chi connectivity index (χ0v) is 13.9. The normalized spacial score (nSPS) is 11.6. The maximum absolute atomic E-state index is 12.1. The first-order chi connectivity index (χ1) is 10.6. The van der Waals surface area contributed by atoms with Crippen LogP contribution in [0.25, 0.3) is 0 Å². The second kappa shape index (κ2) is 9.58. The van der Waals surface area contributed by atoms with Gasteiger partial charge in [0.1, 0.15) is 6.61 Å². The van der Waals surface area contributed by atoms with Crippen molar-refractivity contribution in [3.8, 4) is 0 Å². The number of amides is 1. The summed E-state index contributed by atoms with van der Waals surface area (Å²) >= 11 is 0. The third-order valence-corrected chi connectivity index (χ3v) is 4.28. The number of carbonyl (C=O) groups is 1. The van der Waals surface area contributed by atoms with Gasteiger partial charge in [0, 0.05) is 19.2 Å². The third-order valence-electron chi connectivity index (χ3n) is 4.28. The minimum atomic E-state index is -0.261. The van der Waals surface area contributed by atoms with Gasteiger partial charge in [0.2, 0.25) is 0 Å². The molecule has 1 aromatic heterocycles. The molecule has 0 bridgehead atoms. The van der Waals surface area contributed by atoms with Gasteiger partial charge in [-0.15, -0.1) is 0 Å². The molecule has 0 saturated carbocycles. The molecule has 0 fully saturated rings. The summed E-state index contributed by atoms with van der Waals surface area (Å²) in [6, 6.07) is 1.47. The van der Waals surface area contributed by atoms with Gasteiger partial charge in [-0.25, -0.2) is 0 Å². The minimum absolute atomic E-state index is 0.0486. The smallest absolute Gasteiger partial charge is 0.273 e. The van der Waals surface area contributed by atoms with Crippen molar-refractivity contribution in [1.82, 2.24) is 15.8 Å². The Kier molecular flexibility index (Phi) is 8.12. The molecule has 0 aliphatic carbocycles. The number of unbranched alkanes of at least 4 members (excludes halogenated alkanes) is 1. The molecule has 6 nitrogen and oxygen atoms in total. The summed E-state index contributed by atoms with van der Waals surface area (Å²) in [6.07, 6.45) is 4.32. The van der Waals surface area contributed by atoms with Crippen LogP contribution in [0.4, 0.5) is 0 Å². The monoisotopic (exact) mass is 311 g/mol. The summed E-state index contributed by atoms with van der Waals surface area (Å²) < 4.78 is 4.84. The highest BCUT2D eigenvalue weighted by atomic mass is 16.5. The Morgan fingerprint density at radius 3 is 2.59 bits per heavy atom. The summed E-state index contributed by atoms with van der Waals surface area (Å²) in [7, 11) is 0. The van der Waals surface area contributed by atoms with Crippen LogP contribution in [0.2, 0.25) is 0 Å². The number of aliphatic hydroxyl groups excluding tert-OH is 1. The Hall–Kier alpha value is -1.40. The third kappa shape index (κ3) is 5.42. The Labute approximate surface area is 132 Å². The van der Waals surface area contributed by atoms with Crippen molar-refractivity contribution >= 4 is 5.91 Å². The van der Waals surface area contributed by atoms with E-state index in [1.165, 1.54) is 18.9 Å². The second-order valence-corrected chi connectivity index (χ2v) is 5.76. The van der Waals surface area contributed by atoms with Gasteiger partial charge in [-0.2, -0.15) is 0 Å². The summed E-state index contributed by atoms with van der Waals surface area (Å²) in [5, 5.41) is 19.0. The van der Waals surface area contributed by atoms with Crippen LogP contribution < -0.4 is 10.6 Å². The van der Waals surface area contributed by atoms with E-state index in [9.17, 15) is 4.79 Å². The van der Waals surface area contributed by atoms with Crippen LogP contribution in [0.5, 0.6) is 0 Å². The first-order valence-electron chi connectivity index (χ1n) is 8.16. The Morgan fingerprint density at radius 1 is 1.32 bits per heavy atom. The van der Waals surface area contributed by atoms with E-state index in [0.29, 0.717) is 12.3 Å². The summed E-state index contributed by atoms with van der Waals surface area (Å²) in [5.74, 6) is 0.0342. The van der Waals surface area contributed by atoms with Crippen molar-refractivity contribution in [2.75, 3.05) is 19.6 Å². The molecule has 0 unspecified atom stereocenters. The first kappa shape index (κ1) is 18.6. The van der Waals surface area contributed by atoms with Crippen LogP contribution in [0.1, 0.15) is 62.7 Å². The average molecular weight is 311 g/mol. The molecule has 1 amide bonds. The fraction of sp³-hybridized carbons (Fsp3) is 0.750. The summed E-state index contributed by atoms with van der Waals surface area (Å²) in [5.41, 5.74) is 0.261. The summed E-state index contributed by atoms with van der Waals surface area (Å²) in [4.78, 5) is 12.1. The van der Waals surface area contributed by atoms with Crippen LogP contribution in [-0.2, 0) is 6.61 Å². The lowest BCUT2D eigenvalue weighted by Crippen LogP contribution is -2.43. The van der Waals surface area contributed by atoms with Crippen LogP contribution in [-0.4, -0.2) is 35.8 Å². The van der Waals surface area contributed by atoms with E-state index in [2.05, 4.69) is 36.6 Å². The highest BCUT2D eigenvalue weighted by Crippen LogP contribution is 2.24. The van der Waals surface area contributed by atoms with Gasteiger partial charge in [0.15, 0.2) is 11.5 Å². The van der Waals surface area contributed by atoms with E-state index < -0.39 is 0 Å². The molecule has 1 rings (SSSR count). The molecule has 22 heavy (non-hydrogen) atoms.